The van der Waals surface area contributed by atoms with E-state index in [0.717, 1.165) is 23.5 Å². The predicted molar refractivity (Wildman–Crippen MR) is 68.6 cm³/mol. The quantitative estimate of drug-likeness (QED) is 0.359. The molecule has 0 unspecified atom stereocenters. The van der Waals surface area contributed by atoms with Crippen LogP contribution < -0.4 is 5.73 Å². The number of rotatable bonds is 6. The van der Waals surface area contributed by atoms with Crippen LogP contribution in [0.5, 0.6) is 0 Å². The van der Waals surface area contributed by atoms with Crippen LogP contribution in [0.3, 0.4) is 0 Å². The molecule has 0 aliphatic heterocycles. The molecule has 0 spiro atoms. The Hall–Kier alpha value is -1.23. The number of nitro benzene ring substituents is 1. The van der Waals surface area contributed by atoms with E-state index >= 15 is 0 Å². The van der Waals surface area contributed by atoms with Crippen molar-refractivity contribution in [3.8, 4) is 0 Å². The lowest BCUT2D eigenvalue weighted by Crippen LogP contribution is -1.99. The summed E-state index contributed by atoms with van der Waals surface area (Å²) in [7, 11) is 0. The van der Waals surface area contributed by atoms with Crippen molar-refractivity contribution in [3.05, 3.63) is 33.9 Å². The van der Waals surface area contributed by atoms with E-state index in [9.17, 15) is 10.1 Å². The summed E-state index contributed by atoms with van der Waals surface area (Å²) in [5, 5.41) is 10.7. The lowest BCUT2D eigenvalue weighted by atomic mass is 10.2. The van der Waals surface area contributed by atoms with E-state index in [1.165, 1.54) is 12.5 Å². The smallest absolute Gasteiger partial charge is 0.292 e. The SMILES string of the molecule is CCCCSCc1cccc([N+](=O)[O-])c1N. The van der Waals surface area contributed by atoms with E-state index in [2.05, 4.69) is 6.92 Å². The highest BCUT2D eigenvalue weighted by atomic mass is 32.2. The Morgan fingerprint density at radius 1 is 1.50 bits per heavy atom. The number of nitrogens with two attached hydrogens (primary N) is 1. The largest absolute Gasteiger partial charge is 0.393 e. The van der Waals surface area contributed by atoms with Crippen LogP contribution in [0.15, 0.2) is 18.2 Å². The van der Waals surface area contributed by atoms with Crippen molar-refractivity contribution in [1.29, 1.82) is 0 Å². The molecule has 0 saturated heterocycles. The van der Waals surface area contributed by atoms with E-state index in [1.54, 1.807) is 17.8 Å². The molecule has 0 fully saturated rings. The lowest BCUT2D eigenvalue weighted by Gasteiger charge is -2.05. The molecule has 0 heterocycles. The normalized spacial score (nSPS) is 10.3. The highest BCUT2D eigenvalue weighted by Crippen LogP contribution is 2.27. The first kappa shape index (κ1) is 12.8. The van der Waals surface area contributed by atoms with E-state index in [-0.39, 0.29) is 5.69 Å². The first-order chi connectivity index (χ1) is 7.66. The number of thioether (sulfide) groups is 1. The summed E-state index contributed by atoms with van der Waals surface area (Å²) in [5.41, 5.74) is 6.91. The molecule has 0 aromatic heterocycles. The number of hydrogen-bond acceptors (Lipinski definition) is 4. The van der Waals surface area contributed by atoms with Crippen molar-refractivity contribution in [2.45, 2.75) is 25.5 Å². The van der Waals surface area contributed by atoms with Crippen LogP contribution in [-0.2, 0) is 5.75 Å². The summed E-state index contributed by atoms with van der Waals surface area (Å²) in [6, 6.07) is 4.97. The van der Waals surface area contributed by atoms with Gasteiger partial charge in [0.25, 0.3) is 5.69 Å². The van der Waals surface area contributed by atoms with Gasteiger partial charge in [-0.1, -0.05) is 25.5 Å². The van der Waals surface area contributed by atoms with Crippen LogP contribution in [-0.4, -0.2) is 10.7 Å². The van der Waals surface area contributed by atoms with E-state index in [1.807, 2.05) is 6.07 Å². The van der Waals surface area contributed by atoms with Crippen LogP contribution in [0.4, 0.5) is 11.4 Å². The Bertz CT molecular complexity index is 369. The topological polar surface area (TPSA) is 69.2 Å². The molecule has 88 valence electrons. The van der Waals surface area contributed by atoms with Gasteiger partial charge in [-0.2, -0.15) is 11.8 Å². The van der Waals surface area contributed by atoms with Crippen molar-refractivity contribution in [1.82, 2.24) is 0 Å². The number of para-hydroxylation sites is 1. The van der Waals surface area contributed by atoms with Crippen molar-refractivity contribution in [3.63, 3.8) is 0 Å². The van der Waals surface area contributed by atoms with Gasteiger partial charge in [0.1, 0.15) is 5.69 Å². The Kier molecular flexibility index (Phi) is 5.11. The number of anilines is 1. The summed E-state index contributed by atoms with van der Waals surface area (Å²) in [6.45, 7) is 2.14. The number of nitro groups is 1. The van der Waals surface area contributed by atoms with Crippen molar-refractivity contribution in [2.24, 2.45) is 0 Å². The molecule has 1 aromatic rings. The Labute approximate surface area is 99.4 Å². The molecule has 16 heavy (non-hydrogen) atoms. The maximum Gasteiger partial charge on any atom is 0.292 e. The standard InChI is InChI=1S/C11H16N2O2S/c1-2-3-7-16-8-9-5-4-6-10(11(9)12)13(14)15/h4-6H,2-3,7-8,12H2,1H3. The molecule has 0 saturated carbocycles. The number of unbranched alkanes of at least 4 members (excludes halogenated alkanes) is 1. The second-order valence-electron chi connectivity index (χ2n) is 3.51. The fourth-order valence-electron chi connectivity index (χ4n) is 1.31. The van der Waals surface area contributed by atoms with Crippen LogP contribution in [0.25, 0.3) is 0 Å². The van der Waals surface area contributed by atoms with Crippen molar-refractivity contribution < 1.29 is 4.92 Å². The second-order valence-corrected chi connectivity index (χ2v) is 4.62. The fraction of sp³-hybridized carbons (Fsp3) is 0.455. The van der Waals surface area contributed by atoms with Gasteiger partial charge in [-0.3, -0.25) is 10.1 Å². The van der Waals surface area contributed by atoms with Crippen LogP contribution in [0.1, 0.15) is 25.3 Å². The van der Waals surface area contributed by atoms with Crippen molar-refractivity contribution >= 4 is 23.1 Å². The van der Waals surface area contributed by atoms with Gasteiger partial charge in [-0.25, -0.2) is 0 Å². The molecule has 4 nitrogen and oxygen atoms in total. The molecule has 2 N–H and O–H groups in total. The number of benzene rings is 1. The zero-order valence-electron chi connectivity index (χ0n) is 9.31. The Morgan fingerprint density at radius 2 is 2.25 bits per heavy atom. The monoisotopic (exact) mass is 240 g/mol. The van der Waals surface area contributed by atoms with Gasteiger partial charge in [-0.15, -0.1) is 0 Å². The average molecular weight is 240 g/mol. The number of nitrogens with zero attached hydrogens (tertiary/aromatic N) is 1. The summed E-state index contributed by atoms with van der Waals surface area (Å²) in [4.78, 5) is 10.2. The third-order valence-corrected chi connectivity index (χ3v) is 3.36. The molecule has 0 bridgehead atoms. The molecule has 5 heteroatoms. The maximum absolute atomic E-state index is 10.7. The fourth-order valence-corrected chi connectivity index (χ4v) is 2.42. The van der Waals surface area contributed by atoms with Gasteiger partial charge >= 0.3 is 0 Å². The third-order valence-electron chi connectivity index (χ3n) is 2.27. The van der Waals surface area contributed by atoms with Gasteiger partial charge in [0.2, 0.25) is 0 Å². The lowest BCUT2D eigenvalue weighted by molar-refractivity contribution is -0.383. The minimum Gasteiger partial charge on any atom is -0.393 e. The van der Waals surface area contributed by atoms with Crippen LogP contribution in [0.2, 0.25) is 0 Å². The summed E-state index contributed by atoms with van der Waals surface area (Å²) >= 11 is 1.76. The van der Waals surface area contributed by atoms with Gasteiger partial charge in [-0.05, 0) is 17.7 Å². The molecular weight excluding hydrogens is 224 g/mol. The van der Waals surface area contributed by atoms with Crippen LogP contribution in [0, 0.1) is 10.1 Å². The molecule has 0 amide bonds. The average Bonchev–Trinajstić information content (AvgIpc) is 2.26. The third kappa shape index (κ3) is 3.41. The predicted octanol–water partition coefficient (Wildman–Crippen LogP) is 3.21. The highest BCUT2D eigenvalue weighted by molar-refractivity contribution is 7.98. The Balaban J connectivity index is 2.66. The highest BCUT2D eigenvalue weighted by Gasteiger charge is 2.13. The molecule has 0 atom stereocenters. The molecular formula is C11H16N2O2S. The van der Waals surface area contributed by atoms with Crippen molar-refractivity contribution in [2.75, 3.05) is 11.5 Å². The molecule has 1 aromatic carbocycles. The zero-order chi connectivity index (χ0) is 12.0. The van der Waals surface area contributed by atoms with Crippen LogP contribution >= 0.6 is 11.8 Å². The molecule has 0 aliphatic carbocycles. The van der Waals surface area contributed by atoms with E-state index in [4.69, 9.17) is 5.73 Å². The summed E-state index contributed by atoms with van der Waals surface area (Å²) in [5.74, 6) is 1.81. The number of hydrogen-bond donors (Lipinski definition) is 1. The first-order valence-corrected chi connectivity index (χ1v) is 6.41. The first-order valence-electron chi connectivity index (χ1n) is 5.26. The second kappa shape index (κ2) is 6.37. The van der Waals surface area contributed by atoms with E-state index in [0.29, 0.717) is 5.69 Å². The molecule has 1 rings (SSSR count). The van der Waals surface area contributed by atoms with Gasteiger partial charge in [0.15, 0.2) is 0 Å². The summed E-state index contributed by atoms with van der Waals surface area (Å²) < 4.78 is 0. The zero-order valence-corrected chi connectivity index (χ0v) is 10.1. The molecule has 0 radical (unpaired) electrons. The summed E-state index contributed by atoms with van der Waals surface area (Å²) in [6.07, 6.45) is 2.33. The van der Waals surface area contributed by atoms with Gasteiger partial charge in [0.05, 0.1) is 4.92 Å². The minimum atomic E-state index is -0.435. The number of nitrogen functional groups attached to an aromatic ring is 1. The maximum atomic E-state index is 10.7. The minimum absolute atomic E-state index is 0.00796. The van der Waals surface area contributed by atoms with E-state index < -0.39 is 4.92 Å². The molecule has 0 aliphatic rings. The van der Waals surface area contributed by atoms with Gasteiger partial charge < -0.3 is 5.73 Å². The Morgan fingerprint density at radius 3 is 2.88 bits per heavy atom. The van der Waals surface area contributed by atoms with Gasteiger partial charge in [0, 0.05) is 11.8 Å².